The standard InChI is InChI=1S/C31H31F3N8O3.ClH/c1-19-26(28(43)45-5)27(41-29(37-38-30(41)44)40(19)23-8-6-7-22(16-23)31(32,33)34)24-10-9-20(17-35)15-21(24)11-14-42(3,4)18-25-36-12-13-39(25)2;/h6-10,12-13,15-16,27H,11,14,18H2,1-5H3;1H/t27-;/m1./s1. The van der Waals surface area contributed by atoms with E-state index in [0.717, 1.165) is 18.0 Å². The molecule has 46 heavy (non-hydrogen) atoms. The number of hydrogen-bond acceptors (Lipinski definition) is 7. The lowest BCUT2D eigenvalue weighted by Crippen LogP contribution is -3.00. The number of imidazole rings is 1. The van der Waals surface area contributed by atoms with E-state index in [1.807, 2.05) is 17.8 Å². The zero-order valence-corrected chi connectivity index (χ0v) is 26.5. The van der Waals surface area contributed by atoms with Gasteiger partial charge in [0.05, 0.1) is 50.5 Å². The predicted molar refractivity (Wildman–Crippen MR) is 158 cm³/mol. The third-order valence-corrected chi connectivity index (χ3v) is 8.02. The van der Waals surface area contributed by atoms with Gasteiger partial charge in [-0.1, -0.05) is 12.1 Å². The number of halogens is 4. The van der Waals surface area contributed by atoms with Gasteiger partial charge in [0, 0.05) is 37.2 Å². The minimum atomic E-state index is -4.62. The van der Waals surface area contributed by atoms with Crippen molar-refractivity contribution in [1.29, 1.82) is 5.26 Å². The molecule has 11 nitrogen and oxygen atoms in total. The predicted octanol–water partition coefficient (Wildman–Crippen LogP) is 1.21. The first-order chi connectivity index (χ1) is 21.3. The minimum absolute atomic E-state index is 0. The van der Waals surface area contributed by atoms with Crippen LogP contribution in [0.2, 0.25) is 0 Å². The van der Waals surface area contributed by atoms with E-state index in [1.165, 1.54) is 28.7 Å². The lowest BCUT2D eigenvalue weighted by molar-refractivity contribution is -0.904. The maximum atomic E-state index is 13.7. The number of aromatic nitrogens is 5. The molecule has 15 heteroatoms. The fourth-order valence-corrected chi connectivity index (χ4v) is 5.67. The first kappa shape index (κ1) is 34.0. The number of anilines is 2. The third-order valence-electron chi connectivity index (χ3n) is 8.02. The van der Waals surface area contributed by atoms with Gasteiger partial charge in [-0.05, 0) is 48.4 Å². The number of aromatic amines is 1. The number of aryl methyl sites for hydroxylation is 1. The number of likely N-dealkylation sites (N-methyl/N-ethyl adjacent to an activating group) is 1. The fourth-order valence-electron chi connectivity index (χ4n) is 5.67. The molecule has 1 atom stereocenters. The van der Waals surface area contributed by atoms with Crippen LogP contribution in [-0.4, -0.2) is 62.5 Å². The number of H-pyrrole nitrogens is 1. The summed E-state index contributed by atoms with van der Waals surface area (Å²) >= 11 is 0. The van der Waals surface area contributed by atoms with Gasteiger partial charge < -0.3 is 26.2 Å². The molecular formula is C31H32ClF3N8O3. The van der Waals surface area contributed by atoms with Crippen molar-refractivity contribution in [3.63, 3.8) is 0 Å². The number of methoxy groups -OCH3 is 1. The highest BCUT2D eigenvalue weighted by molar-refractivity contribution is 5.93. The van der Waals surface area contributed by atoms with Gasteiger partial charge in [-0.2, -0.15) is 18.4 Å². The minimum Gasteiger partial charge on any atom is -1.00 e. The molecule has 0 fully saturated rings. The monoisotopic (exact) mass is 656 g/mol. The number of nitriles is 1. The number of carbonyl (C=O) groups excluding carboxylic acids is 1. The molecular weight excluding hydrogens is 625 g/mol. The molecule has 0 aliphatic carbocycles. The Labute approximate surface area is 269 Å². The largest absolute Gasteiger partial charge is 1.00 e. The smallest absolute Gasteiger partial charge is 0.416 e. The zero-order chi connectivity index (χ0) is 32.7. The van der Waals surface area contributed by atoms with Gasteiger partial charge in [0.1, 0.15) is 12.6 Å². The van der Waals surface area contributed by atoms with Gasteiger partial charge in [0.25, 0.3) is 0 Å². The van der Waals surface area contributed by atoms with Crippen molar-refractivity contribution in [3.05, 3.63) is 105 Å². The van der Waals surface area contributed by atoms with Crippen LogP contribution in [0.25, 0.3) is 0 Å². The molecule has 5 rings (SSSR count). The number of esters is 1. The maximum absolute atomic E-state index is 13.7. The quantitative estimate of drug-likeness (QED) is 0.224. The molecule has 0 amide bonds. The van der Waals surface area contributed by atoms with Crippen molar-refractivity contribution in [1.82, 2.24) is 24.3 Å². The van der Waals surface area contributed by atoms with Crippen LogP contribution in [0, 0.1) is 11.3 Å². The van der Waals surface area contributed by atoms with Crippen LogP contribution in [0.1, 0.15) is 41.0 Å². The van der Waals surface area contributed by atoms with E-state index in [9.17, 15) is 28.0 Å². The van der Waals surface area contributed by atoms with Gasteiger partial charge in [0.15, 0.2) is 5.82 Å². The number of hydrogen-bond donors (Lipinski definition) is 1. The van der Waals surface area contributed by atoms with Crippen LogP contribution in [0.5, 0.6) is 0 Å². The Morgan fingerprint density at radius 1 is 1.20 bits per heavy atom. The highest BCUT2D eigenvalue weighted by atomic mass is 35.5. The molecule has 0 unspecified atom stereocenters. The van der Waals surface area contributed by atoms with Crippen LogP contribution < -0.4 is 23.0 Å². The van der Waals surface area contributed by atoms with Gasteiger partial charge in [-0.25, -0.2) is 24.2 Å². The number of allylic oxidation sites excluding steroid dienone is 1. The van der Waals surface area contributed by atoms with Gasteiger partial charge in [0.2, 0.25) is 5.95 Å². The van der Waals surface area contributed by atoms with E-state index >= 15 is 0 Å². The van der Waals surface area contributed by atoms with E-state index in [2.05, 4.69) is 35.3 Å². The summed E-state index contributed by atoms with van der Waals surface area (Å²) in [6, 6.07) is 10.7. The van der Waals surface area contributed by atoms with E-state index in [1.54, 1.807) is 31.3 Å². The van der Waals surface area contributed by atoms with E-state index in [4.69, 9.17) is 4.74 Å². The lowest BCUT2D eigenvalue weighted by atomic mass is 9.89. The number of quaternary nitrogens is 1. The number of alkyl halides is 3. The van der Waals surface area contributed by atoms with Crippen molar-refractivity contribution < 1.29 is 39.6 Å². The summed E-state index contributed by atoms with van der Waals surface area (Å²) in [5.41, 5.74) is 0.407. The van der Waals surface area contributed by atoms with E-state index in [0.29, 0.717) is 40.7 Å². The Kier molecular flexibility index (Phi) is 9.51. The average Bonchev–Trinajstić information content (AvgIpc) is 3.58. The molecule has 2 aromatic heterocycles. The summed E-state index contributed by atoms with van der Waals surface area (Å²) in [5.74, 6) is 0.124. The number of nitrogens with one attached hydrogen (secondary N) is 1. The van der Waals surface area contributed by atoms with Gasteiger partial charge in [-0.3, -0.25) is 4.90 Å². The Morgan fingerprint density at radius 3 is 2.57 bits per heavy atom. The van der Waals surface area contributed by atoms with Crippen LogP contribution in [-0.2, 0) is 35.7 Å². The molecule has 4 aromatic rings. The fraction of sp³-hybridized carbons (Fsp3) is 0.323. The number of carbonyl (C=O) groups is 1. The second-order valence-corrected chi connectivity index (χ2v) is 11.5. The van der Waals surface area contributed by atoms with E-state index < -0.39 is 29.4 Å². The number of benzene rings is 2. The Balaban J connectivity index is 0.00000480. The Bertz CT molecular complexity index is 1900. The summed E-state index contributed by atoms with van der Waals surface area (Å²) in [5, 5.41) is 16.3. The molecule has 2 aromatic carbocycles. The Morgan fingerprint density at radius 2 is 1.93 bits per heavy atom. The average molecular weight is 657 g/mol. The molecule has 1 aliphatic heterocycles. The normalized spacial score (nSPS) is 14.8. The molecule has 0 saturated heterocycles. The number of ether oxygens (including phenoxy) is 1. The zero-order valence-electron chi connectivity index (χ0n) is 25.8. The molecule has 1 aliphatic rings. The third kappa shape index (κ3) is 6.42. The van der Waals surface area contributed by atoms with Crippen LogP contribution in [0.4, 0.5) is 24.8 Å². The van der Waals surface area contributed by atoms with Crippen molar-refractivity contribution >= 4 is 17.6 Å². The molecule has 242 valence electrons. The first-order valence-electron chi connectivity index (χ1n) is 14.0. The van der Waals surface area contributed by atoms with Gasteiger partial charge >= 0.3 is 17.8 Å². The Hall–Kier alpha value is -4.87. The SMILES string of the molecule is COC(=O)C1=C(C)N(c2cccc(C(F)(F)F)c2)c2n[nH]c(=O)n2[C@@H]1c1ccc(C#N)cc1CC[N+](C)(C)Cc1nccn1C.[Cl-]. The van der Waals surface area contributed by atoms with Crippen molar-refractivity contribution in [2.75, 3.05) is 32.6 Å². The van der Waals surface area contributed by atoms with Crippen molar-refractivity contribution in [2.24, 2.45) is 7.05 Å². The topological polar surface area (TPSA) is 122 Å². The summed E-state index contributed by atoms with van der Waals surface area (Å²) in [4.78, 5) is 32.6. The van der Waals surface area contributed by atoms with E-state index in [-0.39, 0.29) is 35.3 Å². The highest BCUT2D eigenvalue weighted by Gasteiger charge is 2.41. The van der Waals surface area contributed by atoms with Crippen LogP contribution >= 0.6 is 0 Å². The summed E-state index contributed by atoms with van der Waals surface area (Å²) in [7, 11) is 7.22. The highest BCUT2D eigenvalue weighted by Crippen LogP contribution is 2.43. The second-order valence-electron chi connectivity index (χ2n) is 11.5. The molecule has 0 bridgehead atoms. The molecule has 1 N–H and O–H groups in total. The number of fused-ring (bicyclic) bond motifs is 1. The molecule has 0 spiro atoms. The first-order valence-corrected chi connectivity index (χ1v) is 14.0. The molecule has 3 heterocycles. The van der Waals surface area contributed by atoms with Gasteiger partial charge in [-0.15, -0.1) is 5.10 Å². The van der Waals surface area contributed by atoms with Crippen molar-refractivity contribution in [3.8, 4) is 6.07 Å². The number of rotatable bonds is 8. The summed E-state index contributed by atoms with van der Waals surface area (Å²) < 4.78 is 49.8. The van der Waals surface area contributed by atoms with Crippen LogP contribution in [0.3, 0.4) is 0 Å². The van der Waals surface area contributed by atoms with Crippen molar-refractivity contribution in [2.45, 2.75) is 32.1 Å². The summed E-state index contributed by atoms with van der Waals surface area (Å²) in [6.07, 6.45) is -0.550. The lowest BCUT2D eigenvalue weighted by Gasteiger charge is -2.36. The number of nitrogens with zero attached hydrogens (tertiary/aromatic N) is 7. The molecule has 0 radical (unpaired) electrons. The summed E-state index contributed by atoms with van der Waals surface area (Å²) in [6.45, 7) is 2.81. The molecule has 0 saturated carbocycles. The maximum Gasteiger partial charge on any atom is 0.416 e. The second kappa shape index (κ2) is 12.9. The van der Waals surface area contributed by atoms with Crippen LogP contribution in [0.15, 0.2) is 70.9 Å².